The number of aromatic amines is 1. The minimum absolute atomic E-state index is 0.0814. The van der Waals surface area contributed by atoms with Crippen LogP contribution >= 0.6 is 27.7 Å². The number of likely N-dealkylation sites (tertiary alicyclic amines) is 1. The van der Waals surface area contributed by atoms with Crippen LogP contribution in [0.3, 0.4) is 0 Å². The number of aryl methyl sites for hydroxylation is 1. The zero-order valence-corrected chi connectivity index (χ0v) is 21.2. The third-order valence-corrected chi connectivity index (χ3v) is 8.69. The van der Waals surface area contributed by atoms with Crippen LogP contribution in [-0.2, 0) is 11.2 Å². The molecule has 1 N–H and O–H groups in total. The fourth-order valence-corrected chi connectivity index (χ4v) is 7.07. The van der Waals surface area contributed by atoms with Crippen molar-refractivity contribution >= 4 is 44.3 Å². The lowest BCUT2D eigenvalue weighted by molar-refractivity contribution is 0.0808. The largest absolute Gasteiger partial charge is 0.373 e. The van der Waals surface area contributed by atoms with Crippen LogP contribution in [0, 0.1) is 5.92 Å². The van der Waals surface area contributed by atoms with Crippen LogP contribution in [0.1, 0.15) is 60.9 Å². The van der Waals surface area contributed by atoms with Gasteiger partial charge in [-0.05, 0) is 75.5 Å². The van der Waals surface area contributed by atoms with Gasteiger partial charge in [-0.2, -0.15) is 0 Å². The van der Waals surface area contributed by atoms with E-state index in [2.05, 4.69) is 68.4 Å². The third kappa shape index (κ3) is 4.01. The zero-order chi connectivity index (χ0) is 22.4. The Labute approximate surface area is 209 Å². The molecule has 0 aliphatic carbocycles. The minimum Gasteiger partial charge on any atom is -0.373 e. The Morgan fingerprint density at radius 3 is 2.85 bits per heavy atom. The Morgan fingerprint density at radius 2 is 1.97 bits per heavy atom. The monoisotopic (exact) mass is 527 g/mol. The first-order chi connectivity index (χ1) is 16.2. The van der Waals surface area contributed by atoms with Gasteiger partial charge in [0.05, 0.1) is 17.8 Å². The number of piperidine rings is 1. The number of para-hydroxylation sites is 1. The van der Waals surface area contributed by atoms with E-state index in [0.717, 1.165) is 29.4 Å². The molecule has 3 aliphatic heterocycles. The molecule has 2 saturated heterocycles. The van der Waals surface area contributed by atoms with E-state index in [-0.39, 0.29) is 12.1 Å². The van der Waals surface area contributed by atoms with Gasteiger partial charge in [-0.25, -0.2) is 0 Å². The molecule has 1 aromatic heterocycles. The molecule has 2 fully saturated rings. The van der Waals surface area contributed by atoms with Crippen LogP contribution in [0.15, 0.2) is 47.1 Å². The summed E-state index contributed by atoms with van der Waals surface area (Å²) in [5.41, 5.74) is 6.19. The quantitative estimate of drug-likeness (QED) is 0.357. The Hall–Kier alpha value is -1.53. The van der Waals surface area contributed by atoms with Crippen molar-refractivity contribution in [2.75, 3.05) is 30.7 Å². The van der Waals surface area contributed by atoms with Crippen LogP contribution in [0.4, 0.5) is 5.69 Å². The lowest BCUT2D eigenvalue weighted by atomic mass is 9.79. The highest BCUT2D eigenvalue weighted by Gasteiger charge is 2.46. The average molecular weight is 529 g/mol. The molecule has 4 nitrogen and oxygen atoms in total. The van der Waals surface area contributed by atoms with Crippen molar-refractivity contribution in [1.82, 2.24) is 9.88 Å². The van der Waals surface area contributed by atoms with Crippen LogP contribution in [0.2, 0.25) is 0 Å². The van der Waals surface area contributed by atoms with E-state index in [9.17, 15) is 0 Å². The average Bonchev–Trinajstić information content (AvgIpc) is 3.48. The molecule has 6 rings (SSSR count). The molecule has 174 valence electrons. The summed E-state index contributed by atoms with van der Waals surface area (Å²) in [7, 11) is 0. The lowest BCUT2D eigenvalue weighted by Crippen LogP contribution is -2.35. The second-order valence-corrected chi connectivity index (χ2v) is 11.1. The fourth-order valence-electron chi connectivity index (χ4n) is 6.25. The van der Waals surface area contributed by atoms with Crippen molar-refractivity contribution in [2.45, 2.75) is 50.7 Å². The van der Waals surface area contributed by atoms with Gasteiger partial charge in [0, 0.05) is 57.0 Å². The summed E-state index contributed by atoms with van der Waals surface area (Å²) in [6.45, 7) is 4.48. The lowest BCUT2D eigenvalue weighted by Gasteiger charge is -2.41. The molecular formula is C27H31BrClN3O. The van der Waals surface area contributed by atoms with Gasteiger partial charge in [0.15, 0.2) is 0 Å². The second kappa shape index (κ2) is 9.26. The number of halogens is 2. The molecule has 6 heteroatoms. The smallest absolute Gasteiger partial charge is 0.0897 e. The number of anilines is 1. The summed E-state index contributed by atoms with van der Waals surface area (Å²) in [5, 5.41) is 1.23. The molecule has 2 aromatic carbocycles. The Kier molecular flexibility index (Phi) is 6.16. The number of rotatable bonds is 5. The SMILES string of the molecule is ClN1c2c(CCCN3CCCCC3)cccc2C2OCCC2C1c1c[nH]c2ccc(Br)cc12. The Morgan fingerprint density at radius 1 is 1.09 bits per heavy atom. The fraction of sp³-hybridized carbons (Fsp3) is 0.481. The van der Waals surface area contributed by atoms with Crippen LogP contribution in [0.5, 0.6) is 0 Å². The number of hydrogen-bond acceptors (Lipinski definition) is 3. The molecule has 3 aliphatic rings. The molecule has 3 unspecified atom stereocenters. The van der Waals surface area contributed by atoms with Gasteiger partial charge in [-0.1, -0.05) is 40.5 Å². The van der Waals surface area contributed by atoms with Crippen molar-refractivity contribution in [3.8, 4) is 0 Å². The second-order valence-electron chi connectivity index (χ2n) is 9.79. The van der Waals surface area contributed by atoms with Gasteiger partial charge in [0.25, 0.3) is 0 Å². The molecule has 3 aromatic rings. The summed E-state index contributed by atoms with van der Waals surface area (Å²) in [6, 6.07) is 13.2. The van der Waals surface area contributed by atoms with E-state index >= 15 is 0 Å². The van der Waals surface area contributed by atoms with Gasteiger partial charge < -0.3 is 14.6 Å². The Bertz CT molecular complexity index is 1140. The molecule has 3 atom stereocenters. The van der Waals surface area contributed by atoms with Gasteiger partial charge in [0.2, 0.25) is 0 Å². The number of benzene rings is 2. The Balaban J connectivity index is 1.34. The maximum absolute atomic E-state index is 7.29. The predicted octanol–water partition coefficient (Wildman–Crippen LogP) is 7.14. The van der Waals surface area contributed by atoms with Gasteiger partial charge >= 0.3 is 0 Å². The summed E-state index contributed by atoms with van der Waals surface area (Å²) < 4.78 is 9.47. The summed E-state index contributed by atoms with van der Waals surface area (Å²) in [5.74, 6) is 0.344. The molecule has 33 heavy (non-hydrogen) atoms. The van der Waals surface area contributed by atoms with Crippen LogP contribution in [0.25, 0.3) is 10.9 Å². The maximum atomic E-state index is 7.29. The van der Waals surface area contributed by atoms with Gasteiger partial charge in [-0.15, -0.1) is 0 Å². The highest BCUT2D eigenvalue weighted by Crippen LogP contribution is 2.55. The van der Waals surface area contributed by atoms with Crippen molar-refractivity contribution in [2.24, 2.45) is 5.92 Å². The molecule has 0 radical (unpaired) electrons. The number of H-pyrrole nitrogens is 1. The first kappa shape index (κ1) is 22.0. The van der Waals surface area contributed by atoms with Crippen LogP contribution < -0.4 is 4.42 Å². The molecule has 0 saturated carbocycles. The third-order valence-electron chi connectivity index (χ3n) is 7.82. The highest BCUT2D eigenvalue weighted by molar-refractivity contribution is 9.10. The van der Waals surface area contributed by atoms with E-state index in [4.69, 9.17) is 16.5 Å². The van der Waals surface area contributed by atoms with E-state index in [0.29, 0.717) is 5.92 Å². The van der Waals surface area contributed by atoms with Crippen molar-refractivity contribution < 1.29 is 4.74 Å². The van der Waals surface area contributed by atoms with Gasteiger partial charge in [-0.3, -0.25) is 4.42 Å². The number of nitrogens with one attached hydrogen (secondary N) is 1. The van der Waals surface area contributed by atoms with Crippen molar-refractivity contribution in [3.63, 3.8) is 0 Å². The van der Waals surface area contributed by atoms with E-state index in [1.807, 2.05) is 4.42 Å². The zero-order valence-electron chi connectivity index (χ0n) is 18.9. The van der Waals surface area contributed by atoms with Gasteiger partial charge in [0.1, 0.15) is 0 Å². The van der Waals surface area contributed by atoms with E-state index in [1.54, 1.807) is 0 Å². The first-order valence-electron chi connectivity index (χ1n) is 12.4. The molecule has 0 spiro atoms. The predicted molar refractivity (Wildman–Crippen MR) is 139 cm³/mol. The first-order valence-corrected chi connectivity index (χ1v) is 13.5. The normalized spacial score (nSPS) is 25.4. The standard InChI is InChI=1S/C27H31BrClN3O/c28-19-9-10-24-22(16-19)23(17-30-24)26-21-11-15-33-27(21)20-8-4-6-18(25(20)32(26)29)7-5-14-31-12-2-1-3-13-31/h4,6,8-10,16-17,21,26-27,30H,1-3,5,7,11-15H2. The van der Waals surface area contributed by atoms with Crippen LogP contribution in [-0.4, -0.2) is 36.1 Å². The van der Waals surface area contributed by atoms with E-state index in [1.165, 1.54) is 73.1 Å². The number of fused-ring (bicyclic) bond motifs is 4. The number of hydrogen-bond donors (Lipinski definition) is 1. The number of aromatic nitrogens is 1. The number of ether oxygens (including phenoxy) is 1. The van der Waals surface area contributed by atoms with E-state index < -0.39 is 0 Å². The van der Waals surface area contributed by atoms with Crippen molar-refractivity contribution in [1.29, 1.82) is 0 Å². The topological polar surface area (TPSA) is 31.5 Å². The molecular weight excluding hydrogens is 498 g/mol. The van der Waals surface area contributed by atoms with Crippen molar-refractivity contribution in [3.05, 3.63) is 63.8 Å². The minimum atomic E-state index is 0.0814. The summed E-state index contributed by atoms with van der Waals surface area (Å²) in [4.78, 5) is 6.09. The highest BCUT2D eigenvalue weighted by atomic mass is 79.9. The summed E-state index contributed by atoms with van der Waals surface area (Å²) >= 11 is 10.9. The maximum Gasteiger partial charge on any atom is 0.0897 e. The summed E-state index contributed by atoms with van der Waals surface area (Å²) in [6.07, 6.45) is 9.58. The molecule has 0 bridgehead atoms. The number of nitrogens with zero attached hydrogens (tertiary/aromatic N) is 2. The molecule has 4 heterocycles. The molecule has 0 amide bonds.